The zero-order chi connectivity index (χ0) is 9.94. The molecule has 1 N–H and O–H groups in total. The molecule has 0 fully saturated rings. The maximum Gasteiger partial charge on any atom is 0.0589 e. The van der Waals surface area contributed by atoms with Gasteiger partial charge >= 0.3 is 0 Å². The van der Waals surface area contributed by atoms with Crippen LogP contribution in [0.4, 0.5) is 0 Å². The lowest BCUT2D eigenvalue weighted by atomic mass is 10.3. The molecule has 13 heavy (non-hydrogen) atoms. The molecule has 0 bridgehead atoms. The smallest absolute Gasteiger partial charge is 0.0589 e. The first-order chi connectivity index (χ1) is 6.35. The Balaban J connectivity index is 3.47. The standard InChI is InChI=1S/C9H21N2O2/c1-12-8-6-11(5-3-4-10)7-9-13-2/h10H,3-9H2,1-2H3. The maximum absolute atomic E-state index is 7.06. The minimum absolute atomic E-state index is 0.496. The van der Waals surface area contributed by atoms with E-state index in [0.29, 0.717) is 6.54 Å². The van der Waals surface area contributed by atoms with Crippen LogP contribution in [0, 0.1) is 0 Å². The number of hydrogen-bond acceptors (Lipinski definition) is 3. The third-order valence-corrected chi connectivity index (χ3v) is 1.87. The molecule has 79 valence electrons. The fraction of sp³-hybridized carbons (Fsp3) is 1.00. The van der Waals surface area contributed by atoms with Crippen molar-refractivity contribution in [2.24, 2.45) is 0 Å². The lowest BCUT2D eigenvalue weighted by molar-refractivity contribution is 0.114. The molecule has 0 unspecified atom stereocenters. The molecule has 1 radical (unpaired) electrons. The van der Waals surface area contributed by atoms with Gasteiger partial charge in [0.2, 0.25) is 0 Å². The molecule has 0 heterocycles. The van der Waals surface area contributed by atoms with Crippen LogP contribution in [0.1, 0.15) is 6.42 Å². The lowest BCUT2D eigenvalue weighted by Crippen LogP contribution is -2.32. The summed E-state index contributed by atoms with van der Waals surface area (Å²) in [7, 11) is 3.41. The molecular formula is C9H21N2O2. The van der Waals surface area contributed by atoms with Gasteiger partial charge in [-0.3, -0.25) is 10.6 Å². The highest BCUT2D eigenvalue weighted by molar-refractivity contribution is 4.57. The van der Waals surface area contributed by atoms with Crippen molar-refractivity contribution in [3.63, 3.8) is 0 Å². The van der Waals surface area contributed by atoms with Crippen LogP contribution in [-0.4, -0.2) is 58.5 Å². The second-order valence-electron chi connectivity index (χ2n) is 2.93. The van der Waals surface area contributed by atoms with Crippen molar-refractivity contribution in [3.05, 3.63) is 0 Å². The van der Waals surface area contributed by atoms with Crippen molar-refractivity contribution < 1.29 is 9.47 Å². The number of hydrogen-bond donors (Lipinski definition) is 0. The summed E-state index contributed by atoms with van der Waals surface area (Å²) in [6.07, 6.45) is 0.924. The van der Waals surface area contributed by atoms with Crippen LogP contribution in [0.25, 0.3) is 0 Å². The second-order valence-corrected chi connectivity index (χ2v) is 2.93. The van der Waals surface area contributed by atoms with Crippen molar-refractivity contribution in [3.8, 4) is 0 Å². The van der Waals surface area contributed by atoms with Crippen LogP contribution in [0.3, 0.4) is 0 Å². The fourth-order valence-corrected chi connectivity index (χ4v) is 1.08. The van der Waals surface area contributed by atoms with E-state index in [1.807, 2.05) is 0 Å². The van der Waals surface area contributed by atoms with E-state index < -0.39 is 0 Å². The van der Waals surface area contributed by atoms with Gasteiger partial charge in [-0.1, -0.05) is 0 Å². The Kier molecular flexibility index (Phi) is 9.80. The average Bonchev–Trinajstić information content (AvgIpc) is 2.17. The summed E-state index contributed by atoms with van der Waals surface area (Å²) in [5.74, 6) is 0. The third kappa shape index (κ3) is 8.18. The van der Waals surface area contributed by atoms with Crippen molar-refractivity contribution in [2.75, 3.05) is 53.6 Å². The Morgan fingerprint density at radius 3 is 1.92 bits per heavy atom. The van der Waals surface area contributed by atoms with Gasteiger partial charge in [0.1, 0.15) is 0 Å². The molecule has 4 heteroatoms. The van der Waals surface area contributed by atoms with Crippen molar-refractivity contribution >= 4 is 0 Å². The predicted molar refractivity (Wildman–Crippen MR) is 52.8 cm³/mol. The summed E-state index contributed by atoms with van der Waals surface area (Å²) in [6.45, 7) is 4.83. The van der Waals surface area contributed by atoms with E-state index in [0.717, 1.165) is 39.3 Å². The molecule has 0 amide bonds. The zero-order valence-electron chi connectivity index (χ0n) is 8.71. The summed E-state index contributed by atoms with van der Waals surface area (Å²) >= 11 is 0. The average molecular weight is 189 g/mol. The van der Waals surface area contributed by atoms with E-state index in [1.165, 1.54) is 0 Å². The van der Waals surface area contributed by atoms with E-state index in [9.17, 15) is 0 Å². The van der Waals surface area contributed by atoms with Crippen LogP contribution >= 0.6 is 0 Å². The minimum atomic E-state index is 0.496. The molecule has 0 rings (SSSR count). The normalized spacial score (nSPS) is 11.1. The van der Waals surface area contributed by atoms with E-state index in [2.05, 4.69) is 4.90 Å². The largest absolute Gasteiger partial charge is 0.383 e. The Hall–Kier alpha value is -0.160. The summed E-state index contributed by atoms with van der Waals surface area (Å²) in [5.41, 5.74) is 7.06. The zero-order valence-corrected chi connectivity index (χ0v) is 8.71. The van der Waals surface area contributed by atoms with Crippen LogP contribution in [-0.2, 0) is 9.47 Å². The molecule has 0 aliphatic heterocycles. The van der Waals surface area contributed by atoms with Gasteiger partial charge in [-0.15, -0.1) is 0 Å². The molecule has 0 saturated carbocycles. The van der Waals surface area contributed by atoms with E-state index in [4.69, 9.17) is 15.2 Å². The first-order valence-corrected chi connectivity index (χ1v) is 4.70. The minimum Gasteiger partial charge on any atom is -0.383 e. The molecule has 0 aliphatic carbocycles. The molecular weight excluding hydrogens is 168 g/mol. The first kappa shape index (κ1) is 12.8. The Labute approximate surface area is 81.0 Å². The van der Waals surface area contributed by atoms with Gasteiger partial charge in [0.15, 0.2) is 0 Å². The van der Waals surface area contributed by atoms with Gasteiger partial charge in [0.05, 0.1) is 13.2 Å². The topological polar surface area (TPSA) is 45.5 Å². The van der Waals surface area contributed by atoms with Gasteiger partial charge in [-0.2, -0.15) is 0 Å². The van der Waals surface area contributed by atoms with Crippen LogP contribution in [0.2, 0.25) is 0 Å². The summed E-state index contributed by atoms with van der Waals surface area (Å²) in [4.78, 5) is 2.27. The number of ether oxygens (including phenoxy) is 2. The highest BCUT2D eigenvalue weighted by Gasteiger charge is 2.02. The Morgan fingerprint density at radius 1 is 1.00 bits per heavy atom. The van der Waals surface area contributed by atoms with E-state index >= 15 is 0 Å². The SMILES string of the molecule is COCCN(CCC[NH])CCOC. The number of rotatable bonds is 9. The lowest BCUT2D eigenvalue weighted by Gasteiger charge is -2.20. The summed E-state index contributed by atoms with van der Waals surface area (Å²) in [6, 6.07) is 0. The molecule has 0 aromatic heterocycles. The Morgan fingerprint density at radius 2 is 1.54 bits per heavy atom. The summed E-state index contributed by atoms with van der Waals surface area (Å²) in [5, 5.41) is 0. The van der Waals surface area contributed by atoms with E-state index in [-0.39, 0.29) is 0 Å². The highest BCUT2D eigenvalue weighted by Crippen LogP contribution is 1.91. The quantitative estimate of drug-likeness (QED) is 0.522. The second kappa shape index (κ2) is 9.92. The molecule has 4 nitrogen and oxygen atoms in total. The monoisotopic (exact) mass is 189 g/mol. The molecule has 0 spiro atoms. The first-order valence-electron chi connectivity index (χ1n) is 4.70. The van der Waals surface area contributed by atoms with Gasteiger partial charge < -0.3 is 9.47 Å². The van der Waals surface area contributed by atoms with E-state index in [1.54, 1.807) is 14.2 Å². The van der Waals surface area contributed by atoms with Gasteiger partial charge in [0.25, 0.3) is 0 Å². The van der Waals surface area contributed by atoms with Gasteiger partial charge in [-0.05, 0) is 13.0 Å². The van der Waals surface area contributed by atoms with Crippen LogP contribution in [0.5, 0.6) is 0 Å². The number of methoxy groups -OCH3 is 2. The predicted octanol–water partition coefficient (Wildman–Crippen LogP) is 0.254. The molecule has 0 aliphatic rings. The summed E-state index contributed by atoms with van der Waals surface area (Å²) < 4.78 is 10.0. The van der Waals surface area contributed by atoms with Crippen molar-refractivity contribution in [2.45, 2.75) is 6.42 Å². The van der Waals surface area contributed by atoms with Gasteiger partial charge in [0, 0.05) is 33.9 Å². The van der Waals surface area contributed by atoms with Crippen LogP contribution < -0.4 is 5.73 Å². The molecule has 0 aromatic rings. The Bertz CT molecular complexity index is 82.6. The number of nitrogens with zero attached hydrogens (tertiary/aromatic N) is 1. The van der Waals surface area contributed by atoms with Crippen LogP contribution in [0.15, 0.2) is 0 Å². The van der Waals surface area contributed by atoms with Crippen molar-refractivity contribution in [1.82, 2.24) is 10.6 Å². The number of nitrogens with one attached hydrogen (secondary N) is 1. The van der Waals surface area contributed by atoms with Crippen molar-refractivity contribution in [1.29, 1.82) is 0 Å². The maximum atomic E-state index is 7.06. The third-order valence-electron chi connectivity index (χ3n) is 1.87. The fourth-order valence-electron chi connectivity index (χ4n) is 1.08. The van der Waals surface area contributed by atoms with Gasteiger partial charge in [-0.25, -0.2) is 0 Å². The molecule has 0 atom stereocenters. The molecule has 0 aromatic carbocycles. The molecule has 0 saturated heterocycles. The highest BCUT2D eigenvalue weighted by atomic mass is 16.5.